The van der Waals surface area contributed by atoms with Crippen LogP contribution in [0.5, 0.6) is 6.01 Å². The van der Waals surface area contributed by atoms with E-state index in [0.717, 1.165) is 4.47 Å². The van der Waals surface area contributed by atoms with Gasteiger partial charge in [-0.15, -0.1) is 0 Å². The fourth-order valence-electron chi connectivity index (χ4n) is 1.36. The summed E-state index contributed by atoms with van der Waals surface area (Å²) in [6.45, 7) is 0.217. The molecule has 0 aliphatic carbocycles. The van der Waals surface area contributed by atoms with Gasteiger partial charge in [-0.05, 0) is 29.8 Å². The molecule has 1 aromatic carbocycles. The monoisotopic (exact) mass is 346 g/mol. The SMILES string of the molecule is COc1nc(Cl)nc(NCc2cc(Br)ccc2F)n1. The smallest absolute Gasteiger partial charge is 0.322 e. The van der Waals surface area contributed by atoms with Gasteiger partial charge in [0.25, 0.3) is 0 Å². The summed E-state index contributed by atoms with van der Waals surface area (Å²) in [5.41, 5.74) is 0.477. The van der Waals surface area contributed by atoms with Gasteiger partial charge in [-0.1, -0.05) is 15.9 Å². The number of methoxy groups -OCH3 is 1. The Balaban J connectivity index is 2.14. The van der Waals surface area contributed by atoms with Crippen LogP contribution < -0.4 is 10.1 Å². The van der Waals surface area contributed by atoms with Crippen LogP contribution in [0.1, 0.15) is 5.56 Å². The highest BCUT2D eigenvalue weighted by Gasteiger charge is 2.07. The predicted molar refractivity (Wildman–Crippen MR) is 72.8 cm³/mol. The Morgan fingerprint density at radius 1 is 1.37 bits per heavy atom. The first-order chi connectivity index (χ1) is 9.08. The quantitative estimate of drug-likeness (QED) is 0.921. The fourth-order valence-corrected chi connectivity index (χ4v) is 1.92. The van der Waals surface area contributed by atoms with Crippen molar-refractivity contribution in [2.75, 3.05) is 12.4 Å². The number of halogens is 3. The maximum absolute atomic E-state index is 13.5. The van der Waals surface area contributed by atoms with Gasteiger partial charge in [-0.2, -0.15) is 15.0 Å². The lowest BCUT2D eigenvalue weighted by atomic mass is 10.2. The molecule has 0 unspecified atom stereocenters. The average molecular weight is 348 g/mol. The molecule has 2 aromatic rings. The lowest BCUT2D eigenvalue weighted by Crippen LogP contribution is -2.07. The van der Waals surface area contributed by atoms with Crippen LogP contribution in [0.2, 0.25) is 5.28 Å². The number of anilines is 1. The zero-order valence-electron chi connectivity index (χ0n) is 9.82. The third-order valence-electron chi connectivity index (χ3n) is 2.21. The van der Waals surface area contributed by atoms with Crippen molar-refractivity contribution in [2.45, 2.75) is 6.54 Å². The van der Waals surface area contributed by atoms with Crippen molar-refractivity contribution in [1.82, 2.24) is 15.0 Å². The molecule has 1 aromatic heterocycles. The molecule has 0 fully saturated rings. The molecule has 8 heteroatoms. The van der Waals surface area contributed by atoms with Crippen LogP contribution in [0, 0.1) is 5.82 Å². The number of nitrogens with zero attached hydrogens (tertiary/aromatic N) is 3. The molecule has 5 nitrogen and oxygen atoms in total. The molecule has 0 spiro atoms. The molecule has 0 amide bonds. The molecule has 100 valence electrons. The van der Waals surface area contributed by atoms with Crippen LogP contribution >= 0.6 is 27.5 Å². The molecule has 2 rings (SSSR count). The van der Waals surface area contributed by atoms with Gasteiger partial charge in [-0.3, -0.25) is 0 Å². The fraction of sp³-hybridized carbons (Fsp3) is 0.182. The van der Waals surface area contributed by atoms with E-state index in [0.29, 0.717) is 5.56 Å². The second kappa shape index (κ2) is 6.12. The maximum atomic E-state index is 13.5. The van der Waals surface area contributed by atoms with E-state index in [-0.39, 0.29) is 29.6 Å². The number of ether oxygens (including phenoxy) is 1. The molecular formula is C11H9BrClFN4O. The summed E-state index contributed by atoms with van der Waals surface area (Å²) in [5.74, 6) is -0.0981. The van der Waals surface area contributed by atoms with E-state index < -0.39 is 0 Å². The molecule has 0 aliphatic heterocycles. The lowest BCUT2D eigenvalue weighted by molar-refractivity contribution is 0.379. The maximum Gasteiger partial charge on any atom is 0.322 e. The molecular weight excluding hydrogens is 339 g/mol. The van der Waals surface area contributed by atoms with Crippen molar-refractivity contribution in [3.8, 4) is 6.01 Å². The Morgan fingerprint density at radius 3 is 2.89 bits per heavy atom. The highest BCUT2D eigenvalue weighted by Crippen LogP contribution is 2.17. The van der Waals surface area contributed by atoms with Crippen LogP contribution in [0.15, 0.2) is 22.7 Å². The van der Waals surface area contributed by atoms with Crippen LogP contribution in [0.25, 0.3) is 0 Å². The van der Waals surface area contributed by atoms with Gasteiger partial charge < -0.3 is 10.1 Å². The molecule has 0 saturated carbocycles. The highest BCUT2D eigenvalue weighted by atomic mass is 79.9. The zero-order chi connectivity index (χ0) is 13.8. The van der Waals surface area contributed by atoms with E-state index in [1.807, 2.05) is 0 Å². The average Bonchev–Trinajstić information content (AvgIpc) is 2.39. The van der Waals surface area contributed by atoms with Crippen molar-refractivity contribution in [3.63, 3.8) is 0 Å². The number of benzene rings is 1. The first-order valence-corrected chi connectivity index (χ1v) is 6.39. The van der Waals surface area contributed by atoms with Crippen molar-refractivity contribution in [3.05, 3.63) is 39.3 Å². The molecule has 0 bridgehead atoms. The summed E-state index contributed by atoms with van der Waals surface area (Å²) >= 11 is 8.98. The number of rotatable bonds is 4. The van der Waals surface area contributed by atoms with E-state index in [4.69, 9.17) is 16.3 Å². The summed E-state index contributed by atoms with van der Waals surface area (Å²) in [4.78, 5) is 11.6. The molecule has 1 heterocycles. The summed E-state index contributed by atoms with van der Waals surface area (Å²) < 4.78 is 19.2. The largest absolute Gasteiger partial charge is 0.467 e. The van der Waals surface area contributed by atoms with Gasteiger partial charge in [-0.25, -0.2) is 4.39 Å². The van der Waals surface area contributed by atoms with E-state index in [2.05, 4.69) is 36.2 Å². The Kier molecular flexibility index (Phi) is 4.49. The second-order valence-electron chi connectivity index (χ2n) is 3.50. The van der Waals surface area contributed by atoms with Gasteiger partial charge in [0.2, 0.25) is 11.2 Å². The number of aromatic nitrogens is 3. The van der Waals surface area contributed by atoms with Crippen LogP contribution in [0.3, 0.4) is 0 Å². The minimum Gasteiger partial charge on any atom is -0.467 e. The standard InChI is InChI=1S/C11H9BrClFN4O/c1-19-11-17-9(13)16-10(18-11)15-5-6-4-7(12)2-3-8(6)14/h2-4H,5H2,1H3,(H,15,16,17,18). The normalized spacial score (nSPS) is 10.3. The van der Waals surface area contributed by atoms with Crippen LogP contribution in [-0.2, 0) is 6.54 Å². The van der Waals surface area contributed by atoms with Gasteiger partial charge in [0.1, 0.15) is 5.82 Å². The van der Waals surface area contributed by atoms with Crippen molar-refractivity contribution < 1.29 is 9.13 Å². The van der Waals surface area contributed by atoms with Gasteiger partial charge in [0.05, 0.1) is 7.11 Å². The van der Waals surface area contributed by atoms with E-state index >= 15 is 0 Å². The van der Waals surface area contributed by atoms with E-state index in [1.165, 1.54) is 13.2 Å². The molecule has 19 heavy (non-hydrogen) atoms. The number of hydrogen-bond acceptors (Lipinski definition) is 5. The van der Waals surface area contributed by atoms with Gasteiger partial charge in [0, 0.05) is 16.6 Å². The number of hydrogen-bond donors (Lipinski definition) is 1. The Labute approximate surface area is 122 Å². The molecule has 0 saturated heterocycles. The Bertz CT molecular complexity index is 599. The predicted octanol–water partition coefficient (Wildman–Crippen LogP) is 3.05. The minimum atomic E-state index is -0.317. The summed E-state index contributed by atoms with van der Waals surface area (Å²) in [7, 11) is 1.42. The van der Waals surface area contributed by atoms with Crippen LogP contribution in [0.4, 0.5) is 10.3 Å². The van der Waals surface area contributed by atoms with E-state index in [9.17, 15) is 4.39 Å². The summed E-state index contributed by atoms with van der Waals surface area (Å²) in [6, 6.07) is 4.77. The molecule has 0 atom stereocenters. The van der Waals surface area contributed by atoms with Crippen LogP contribution in [-0.4, -0.2) is 22.1 Å². The minimum absolute atomic E-state index is 0.00376. The van der Waals surface area contributed by atoms with Crippen molar-refractivity contribution in [2.24, 2.45) is 0 Å². The lowest BCUT2D eigenvalue weighted by Gasteiger charge is -2.07. The summed E-state index contributed by atoms with van der Waals surface area (Å²) in [6.07, 6.45) is 0. The van der Waals surface area contributed by atoms with Crippen molar-refractivity contribution in [1.29, 1.82) is 0 Å². The third kappa shape index (κ3) is 3.74. The third-order valence-corrected chi connectivity index (χ3v) is 2.88. The topological polar surface area (TPSA) is 59.9 Å². The number of nitrogens with one attached hydrogen (secondary N) is 1. The molecule has 0 radical (unpaired) electrons. The highest BCUT2D eigenvalue weighted by molar-refractivity contribution is 9.10. The first kappa shape index (κ1) is 14.0. The molecule has 0 aliphatic rings. The summed E-state index contributed by atoms with van der Waals surface area (Å²) in [5, 5.41) is 2.86. The Hall–Kier alpha value is -1.47. The van der Waals surface area contributed by atoms with Gasteiger partial charge in [0.15, 0.2) is 0 Å². The van der Waals surface area contributed by atoms with E-state index in [1.54, 1.807) is 12.1 Å². The van der Waals surface area contributed by atoms with Gasteiger partial charge >= 0.3 is 6.01 Å². The second-order valence-corrected chi connectivity index (χ2v) is 4.76. The first-order valence-electron chi connectivity index (χ1n) is 5.22. The Morgan fingerprint density at radius 2 is 2.16 bits per heavy atom. The van der Waals surface area contributed by atoms with Crippen molar-refractivity contribution >= 4 is 33.5 Å². The zero-order valence-corrected chi connectivity index (χ0v) is 12.2. The molecule has 1 N–H and O–H groups in total.